The fourth-order valence-electron chi connectivity index (χ4n) is 3.39. The van der Waals surface area contributed by atoms with Gasteiger partial charge in [-0.05, 0) is 13.0 Å². The quantitative estimate of drug-likeness (QED) is 0.206. The van der Waals surface area contributed by atoms with E-state index in [2.05, 4.69) is 42.3 Å². The molecule has 0 aliphatic heterocycles. The Hall–Kier alpha value is -4.73. The SMILES string of the molecule is C=C(F)/C(=C\C=C/C)Cn1nc(-c2ncc(F)c(NCC(O)(c3nnc(C)o3)C(F)(F)F)n2)cc1-c1ccon1. The van der Waals surface area contributed by atoms with Crippen molar-refractivity contribution in [1.82, 2.24) is 35.1 Å². The summed E-state index contributed by atoms with van der Waals surface area (Å²) in [5.74, 6) is -4.05. The van der Waals surface area contributed by atoms with Crippen LogP contribution >= 0.6 is 0 Å². The van der Waals surface area contributed by atoms with Gasteiger partial charge in [-0.15, -0.1) is 10.2 Å². The Kier molecular flexibility index (Phi) is 7.90. The second-order valence-electron chi connectivity index (χ2n) is 8.31. The van der Waals surface area contributed by atoms with Crippen LogP contribution in [0.5, 0.6) is 0 Å². The molecule has 0 bridgehead atoms. The van der Waals surface area contributed by atoms with Crippen LogP contribution in [0.3, 0.4) is 0 Å². The van der Waals surface area contributed by atoms with Crippen molar-refractivity contribution in [2.45, 2.75) is 32.2 Å². The number of allylic oxidation sites excluding steroid dienone is 5. The molecule has 0 saturated carbocycles. The maximum Gasteiger partial charge on any atom is 0.428 e. The number of nitrogens with one attached hydrogen (secondary N) is 1. The molecule has 210 valence electrons. The lowest BCUT2D eigenvalue weighted by molar-refractivity contribution is -0.268. The highest BCUT2D eigenvalue weighted by molar-refractivity contribution is 5.63. The predicted molar refractivity (Wildman–Crippen MR) is 129 cm³/mol. The van der Waals surface area contributed by atoms with Crippen LogP contribution in [0, 0.1) is 12.7 Å². The maximum absolute atomic E-state index is 14.5. The molecule has 16 heteroatoms. The summed E-state index contributed by atoms with van der Waals surface area (Å²) in [7, 11) is 0. The van der Waals surface area contributed by atoms with Crippen LogP contribution in [0.4, 0.5) is 27.8 Å². The number of hydrogen-bond acceptors (Lipinski definition) is 10. The molecule has 0 aromatic carbocycles. The molecular formula is C24H21F5N8O3. The largest absolute Gasteiger partial charge is 0.428 e. The van der Waals surface area contributed by atoms with E-state index in [9.17, 15) is 27.1 Å². The topological polar surface area (TPSA) is 141 Å². The first-order valence-corrected chi connectivity index (χ1v) is 11.4. The fraction of sp³-hybridized carbons (Fsp3) is 0.250. The lowest BCUT2D eigenvalue weighted by Gasteiger charge is -2.27. The monoisotopic (exact) mass is 564 g/mol. The molecular weight excluding hydrogens is 543 g/mol. The average molecular weight is 564 g/mol. The van der Waals surface area contributed by atoms with E-state index in [1.54, 1.807) is 19.1 Å². The van der Waals surface area contributed by atoms with Gasteiger partial charge in [0.15, 0.2) is 17.5 Å². The summed E-state index contributed by atoms with van der Waals surface area (Å²) in [5, 5.41) is 27.3. The smallest absolute Gasteiger partial charge is 0.422 e. The number of nitrogens with zero attached hydrogens (tertiary/aromatic N) is 7. The Labute approximate surface area is 222 Å². The van der Waals surface area contributed by atoms with Crippen molar-refractivity contribution in [3.8, 4) is 22.9 Å². The highest BCUT2D eigenvalue weighted by Gasteiger charge is 2.59. The Morgan fingerprint density at radius 2 is 2.02 bits per heavy atom. The number of aromatic nitrogens is 7. The van der Waals surface area contributed by atoms with E-state index in [1.165, 1.54) is 36.1 Å². The summed E-state index contributed by atoms with van der Waals surface area (Å²) < 4.78 is 80.9. The molecule has 0 spiro atoms. The van der Waals surface area contributed by atoms with Gasteiger partial charge in [0.2, 0.25) is 5.89 Å². The molecule has 0 saturated heterocycles. The highest BCUT2D eigenvalue weighted by Crippen LogP contribution is 2.38. The van der Waals surface area contributed by atoms with Crippen LogP contribution < -0.4 is 5.32 Å². The number of anilines is 1. The fourth-order valence-corrected chi connectivity index (χ4v) is 3.39. The Morgan fingerprint density at radius 1 is 1.25 bits per heavy atom. The second-order valence-corrected chi connectivity index (χ2v) is 8.31. The van der Waals surface area contributed by atoms with E-state index in [4.69, 9.17) is 8.94 Å². The first-order valence-electron chi connectivity index (χ1n) is 11.4. The molecule has 4 heterocycles. The molecule has 0 amide bonds. The molecule has 2 N–H and O–H groups in total. The molecule has 0 aliphatic carbocycles. The summed E-state index contributed by atoms with van der Waals surface area (Å²) >= 11 is 0. The summed E-state index contributed by atoms with van der Waals surface area (Å²) in [6.45, 7) is 4.90. The maximum atomic E-state index is 14.5. The first kappa shape index (κ1) is 28.3. The minimum absolute atomic E-state index is 0.0505. The molecule has 1 atom stereocenters. The molecule has 0 radical (unpaired) electrons. The van der Waals surface area contributed by atoms with Gasteiger partial charge in [-0.2, -0.15) is 18.3 Å². The Morgan fingerprint density at radius 3 is 2.62 bits per heavy atom. The predicted octanol–water partition coefficient (Wildman–Crippen LogP) is 4.67. The van der Waals surface area contributed by atoms with Gasteiger partial charge in [-0.3, -0.25) is 4.68 Å². The summed E-state index contributed by atoms with van der Waals surface area (Å²) in [6.07, 6.45) is 1.55. The third kappa shape index (κ3) is 5.80. The first-order chi connectivity index (χ1) is 18.9. The number of aryl methyl sites for hydroxylation is 1. The second kappa shape index (κ2) is 11.2. The average Bonchev–Trinajstić information content (AvgIpc) is 3.66. The van der Waals surface area contributed by atoms with Crippen molar-refractivity contribution in [1.29, 1.82) is 0 Å². The van der Waals surface area contributed by atoms with Gasteiger partial charge in [-0.1, -0.05) is 30.0 Å². The van der Waals surface area contributed by atoms with Gasteiger partial charge >= 0.3 is 6.18 Å². The van der Waals surface area contributed by atoms with Crippen LogP contribution in [0.25, 0.3) is 22.9 Å². The standard InChI is InChI=1S/C24H21F5N8O3/c1-4-5-6-15(13(2)25)11-37-19(17-7-8-39-36-17)9-18(35-37)21-30-10-16(26)20(32-21)31-12-23(38,24(27,28)29)22-34-33-14(3)40-22/h4-10,38H,2,11-12H2,1,3H3,(H,30,31,32)/b5-4-,15-6-. The number of rotatable bonds is 10. The Balaban J connectivity index is 1.69. The minimum Gasteiger partial charge on any atom is -0.422 e. The van der Waals surface area contributed by atoms with E-state index in [0.29, 0.717) is 17.6 Å². The molecule has 4 aromatic heterocycles. The van der Waals surface area contributed by atoms with Gasteiger partial charge in [0.25, 0.3) is 11.5 Å². The molecule has 0 aliphatic rings. The lowest BCUT2D eigenvalue weighted by atomic mass is 10.0. The summed E-state index contributed by atoms with van der Waals surface area (Å²) in [5.41, 5.74) is -2.76. The van der Waals surface area contributed by atoms with E-state index in [0.717, 1.165) is 0 Å². The molecule has 0 fully saturated rings. The third-order valence-corrected chi connectivity index (χ3v) is 5.47. The van der Waals surface area contributed by atoms with Crippen LogP contribution in [-0.4, -0.2) is 52.9 Å². The minimum atomic E-state index is -5.27. The van der Waals surface area contributed by atoms with Crippen molar-refractivity contribution in [2.75, 3.05) is 11.9 Å². The van der Waals surface area contributed by atoms with E-state index in [-0.39, 0.29) is 29.5 Å². The van der Waals surface area contributed by atoms with Crippen molar-refractivity contribution in [2.24, 2.45) is 0 Å². The summed E-state index contributed by atoms with van der Waals surface area (Å²) in [6, 6.07) is 2.98. The van der Waals surface area contributed by atoms with Gasteiger partial charge in [-0.25, -0.2) is 18.7 Å². The van der Waals surface area contributed by atoms with Crippen molar-refractivity contribution in [3.63, 3.8) is 0 Å². The van der Waals surface area contributed by atoms with Gasteiger partial charge in [0.1, 0.15) is 23.5 Å². The van der Waals surface area contributed by atoms with Gasteiger partial charge in [0.05, 0.1) is 25.0 Å². The van der Waals surface area contributed by atoms with E-state index < -0.39 is 41.7 Å². The highest BCUT2D eigenvalue weighted by atomic mass is 19.4. The Bertz CT molecular complexity index is 1560. The van der Waals surface area contributed by atoms with Crippen LogP contribution in [0.2, 0.25) is 0 Å². The van der Waals surface area contributed by atoms with Crippen LogP contribution in [0.1, 0.15) is 18.7 Å². The number of halogens is 5. The molecule has 4 rings (SSSR count). The van der Waals surface area contributed by atoms with Crippen molar-refractivity contribution >= 4 is 5.82 Å². The van der Waals surface area contributed by atoms with Crippen molar-refractivity contribution < 1.29 is 36.0 Å². The van der Waals surface area contributed by atoms with E-state index >= 15 is 0 Å². The number of aliphatic hydroxyl groups is 1. The molecule has 1 unspecified atom stereocenters. The zero-order valence-electron chi connectivity index (χ0n) is 20.9. The number of alkyl halides is 3. The third-order valence-electron chi connectivity index (χ3n) is 5.47. The number of hydrogen-bond donors (Lipinski definition) is 2. The van der Waals surface area contributed by atoms with Crippen LogP contribution in [-0.2, 0) is 12.1 Å². The van der Waals surface area contributed by atoms with Crippen LogP contribution in [0.15, 0.2) is 69.7 Å². The zero-order chi connectivity index (χ0) is 29.1. The molecule has 4 aromatic rings. The lowest BCUT2D eigenvalue weighted by Crippen LogP contribution is -2.48. The molecule has 11 nitrogen and oxygen atoms in total. The molecule has 40 heavy (non-hydrogen) atoms. The van der Waals surface area contributed by atoms with Crippen molar-refractivity contribution in [3.05, 3.63) is 78.4 Å². The van der Waals surface area contributed by atoms with Gasteiger partial charge < -0.3 is 19.4 Å². The van der Waals surface area contributed by atoms with Gasteiger partial charge in [0, 0.05) is 18.6 Å². The zero-order valence-corrected chi connectivity index (χ0v) is 20.9. The normalized spacial score (nSPS) is 14.1. The summed E-state index contributed by atoms with van der Waals surface area (Å²) in [4.78, 5) is 7.82. The van der Waals surface area contributed by atoms with E-state index in [1.807, 2.05) is 0 Å².